The van der Waals surface area contributed by atoms with Crippen LogP contribution in [0.1, 0.15) is 99.6 Å². The van der Waals surface area contributed by atoms with Crippen molar-refractivity contribution in [3.63, 3.8) is 0 Å². The molecule has 0 aliphatic heterocycles. The lowest BCUT2D eigenvalue weighted by atomic mass is 9.78. The lowest BCUT2D eigenvalue weighted by Gasteiger charge is -2.30. The van der Waals surface area contributed by atoms with Gasteiger partial charge in [-0.25, -0.2) is 4.79 Å². The highest BCUT2D eigenvalue weighted by molar-refractivity contribution is 6.05. The molecule has 0 bridgehead atoms. The first-order chi connectivity index (χ1) is 14.8. The van der Waals surface area contributed by atoms with Crippen LogP contribution in [0.25, 0.3) is 0 Å². The van der Waals surface area contributed by atoms with Crippen LogP contribution in [0.2, 0.25) is 0 Å². The summed E-state index contributed by atoms with van der Waals surface area (Å²) in [6, 6.07) is 10.00. The van der Waals surface area contributed by atoms with E-state index in [1.165, 1.54) is 12.1 Å². The molecule has 2 rings (SSSR count). The number of aromatic carboxylic acids is 1. The van der Waals surface area contributed by atoms with Gasteiger partial charge in [0.2, 0.25) is 0 Å². The summed E-state index contributed by atoms with van der Waals surface area (Å²) in [6.45, 7) is 15.6. The number of unbranched alkanes of at least 4 members (excludes halogenated alkanes) is 2. The Morgan fingerprint density at radius 1 is 0.875 bits per heavy atom. The fourth-order valence-electron chi connectivity index (χ4n) is 3.46. The highest BCUT2D eigenvalue weighted by atomic mass is 16.5. The number of benzene rings is 2. The number of amides is 1. The van der Waals surface area contributed by atoms with E-state index in [1.54, 1.807) is 12.1 Å². The van der Waals surface area contributed by atoms with Crippen molar-refractivity contribution < 1.29 is 19.4 Å². The third kappa shape index (κ3) is 6.59. The van der Waals surface area contributed by atoms with Gasteiger partial charge >= 0.3 is 5.97 Å². The number of hydrogen-bond acceptors (Lipinski definition) is 3. The molecule has 0 aromatic heterocycles. The maximum Gasteiger partial charge on any atom is 0.335 e. The first-order valence-corrected chi connectivity index (χ1v) is 11.3. The summed E-state index contributed by atoms with van der Waals surface area (Å²) in [6.07, 6.45) is 3.25. The summed E-state index contributed by atoms with van der Waals surface area (Å²) in [5, 5.41) is 12.0. The average Bonchev–Trinajstić information content (AvgIpc) is 2.69. The zero-order valence-electron chi connectivity index (χ0n) is 20.5. The van der Waals surface area contributed by atoms with Crippen LogP contribution in [0.4, 0.5) is 5.69 Å². The van der Waals surface area contributed by atoms with Crippen LogP contribution in [0.3, 0.4) is 0 Å². The minimum Gasteiger partial charge on any atom is -0.493 e. The van der Waals surface area contributed by atoms with Crippen molar-refractivity contribution in [3.8, 4) is 5.75 Å². The Bertz CT molecular complexity index is 912. The Hall–Kier alpha value is -2.82. The van der Waals surface area contributed by atoms with E-state index in [1.807, 2.05) is 12.1 Å². The quantitative estimate of drug-likeness (QED) is 0.443. The molecule has 0 radical (unpaired) electrons. The van der Waals surface area contributed by atoms with Gasteiger partial charge in [-0.1, -0.05) is 61.3 Å². The van der Waals surface area contributed by atoms with Crippen LogP contribution in [0.5, 0.6) is 5.75 Å². The van der Waals surface area contributed by atoms with Gasteiger partial charge in [0.05, 0.1) is 12.2 Å². The molecule has 0 atom stereocenters. The van der Waals surface area contributed by atoms with Crippen molar-refractivity contribution in [2.45, 2.75) is 78.6 Å². The maximum absolute atomic E-state index is 13.1. The molecule has 0 saturated heterocycles. The number of carboxylic acids is 1. The second-order valence-corrected chi connectivity index (χ2v) is 10.3. The van der Waals surface area contributed by atoms with Crippen LogP contribution in [0, 0.1) is 0 Å². The van der Waals surface area contributed by atoms with Crippen LogP contribution in [0.15, 0.2) is 36.4 Å². The molecule has 32 heavy (non-hydrogen) atoms. The minimum atomic E-state index is -0.998. The van der Waals surface area contributed by atoms with Gasteiger partial charge in [0.15, 0.2) is 0 Å². The highest BCUT2D eigenvalue weighted by Crippen LogP contribution is 2.41. The number of carbonyl (C=O) groups is 2. The Morgan fingerprint density at radius 2 is 1.41 bits per heavy atom. The van der Waals surface area contributed by atoms with Gasteiger partial charge in [0, 0.05) is 22.4 Å². The predicted molar refractivity (Wildman–Crippen MR) is 130 cm³/mol. The summed E-state index contributed by atoms with van der Waals surface area (Å²) in [5.41, 5.74) is 2.88. The Kier molecular flexibility index (Phi) is 8.11. The molecule has 2 aromatic carbocycles. The molecular weight excluding hydrogens is 402 g/mol. The van der Waals surface area contributed by atoms with Crippen molar-refractivity contribution in [3.05, 3.63) is 58.7 Å². The molecule has 0 aliphatic carbocycles. The molecule has 174 valence electrons. The van der Waals surface area contributed by atoms with Crippen molar-refractivity contribution in [2.75, 3.05) is 11.9 Å². The minimum absolute atomic E-state index is 0.178. The molecule has 5 heteroatoms. The van der Waals surface area contributed by atoms with Gasteiger partial charge in [0.25, 0.3) is 5.91 Å². The first kappa shape index (κ1) is 25.4. The monoisotopic (exact) mass is 439 g/mol. The molecule has 1 amide bonds. The molecular formula is C27H37NO4. The SMILES string of the molecule is CCCCCOc1c(C(C)(C)C)cc(C(=O)Nc2ccc(C(=O)O)cc2)cc1C(C)(C)C. The summed E-state index contributed by atoms with van der Waals surface area (Å²) < 4.78 is 6.32. The molecule has 2 N–H and O–H groups in total. The molecule has 2 aromatic rings. The number of anilines is 1. The Labute approximate surface area is 192 Å². The summed E-state index contributed by atoms with van der Waals surface area (Å²) >= 11 is 0. The third-order valence-electron chi connectivity index (χ3n) is 5.35. The van der Waals surface area contributed by atoms with E-state index >= 15 is 0 Å². The van der Waals surface area contributed by atoms with Crippen LogP contribution in [-0.2, 0) is 10.8 Å². The van der Waals surface area contributed by atoms with Gasteiger partial charge in [0.1, 0.15) is 5.75 Å². The largest absolute Gasteiger partial charge is 0.493 e. The molecule has 0 fully saturated rings. The average molecular weight is 440 g/mol. The second-order valence-electron chi connectivity index (χ2n) is 10.3. The number of rotatable bonds is 8. The lowest BCUT2D eigenvalue weighted by Crippen LogP contribution is -2.23. The van der Waals surface area contributed by atoms with Gasteiger partial charge < -0.3 is 15.2 Å². The van der Waals surface area contributed by atoms with E-state index in [0.717, 1.165) is 36.1 Å². The number of ether oxygens (including phenoxy) is 1. The number of carbonyl (C=O) groups excluding carboxylic acids is 1. The van der Waals surface area contributed by atoms with E-state index in [0.29, 0.717) is 17.9 Å². The van der Waals surface area contributed by atoms with Crippen molar-refractivity contribution >= 4 is 17.6 Å². The number of nitrogens with one attached hydrogen (secondary N) is 1. The van der Waals surface area contributed by atoms with E-state index < -0.39 is 5.97 Å². The molecule has 0 saturated carbocycles. The summed E-state index contributed by atoms with van der Waals surface area (Å²) in [5.74, 6) is -0.355. The van der Waals surface area contributed by atoms with Crippen molar-refractivity contribution in [1.82, 2.24) is 0 Å². The van der Waals surface area contributed by atoms with Crippen molar-refractivity contribution in [2.24, 2.45) is 0 Å². The first-order valence-electron chi connectivity index (χ1n) is 11.3. The van der Waals surface area contributed by atoms with Gasteiger partial charge in [-0.3, -0.25) is 4.79 Å². The fraction of sp³-hybridized carbons (Fsp3) is 0.481. The van der Waals surface area contributed by atoms with E-state index in [9.17, 15) is 9.59 Å². The number of carboxylic acid groups (broad SMARTS) is 1. The molecule has 0 unspecified atom stereocenters. The van der Waals surface area contributed by atoms with E-state index in [-0.39, 0.29) is 22.3 Å². The topological polar surface area (TPSA) is 75.6 Å². The lowest BCUT2D eigenvalue weighted by molar-refractivity contribution is 0.0696. The molecule has 0 spiro atoms. The second kappa shape index (κ2) is 10.2. The van der Waals surface area contributed by atoms with Crippen LogP contribution < -0.4 is 10.1 Å². The molecule has 0 aliphatic rings. The third-order valence-corrected chi connectivity index (χ3v) is 5.35. The van der Waals surface area contributed by atoms with Gasteiger partial charge in [-0.05, 0) is 53.6 Å². The Balaban J connectivity index is 2.46. The van der Waals surface area contributed by atoms with Crippen molar-refractivity contribution in [1.29, 1.82) is 0 Å². The van der Waals surface area contributed by atoms with E-state index in [4.69, 9.17) is 9.84 Å². The molecule has 0 heterocycles. The smallest absolute Gasteiger partial charge is 0.335 e. The summed E-state index contributed by atoms with van der Waals surface area (Å²) in [7, 11) is 0. The van der Waals surface area contributed by atoms with Gasteiger partial charge in [-0.15, -0.1) is 0 Å². The fourth-order valence-corrected chi connectivity index (χ4v) is 3.46. The predicted octanol–water partition coefficient (Wildman–Crippen LogP) is 6.80. The zero-order chi connectivity index (χ0) is 24.1. The summed E-state index contributed by atoms with van der Waals surface area (Å²) in [4.78, 5) is 24.2. The number of hydrogen-bond donors (Lipinski definition) is 2. The van der Waals surface area contributed by atoms with Crippen LogP contribution >= 0.6 is 0 Å². The normalized spacial score (nSPS) is 11.8. The van der Waals surface area contributed by atoms with Gasteiger partial charge in [-0.2, -0.15) is 0 Å². The zero-order valence-corrected chi connectivity index (χ0v) is 20.5. The highest BCUT2D eigenvalue weighted by Gasteiger charge is 2.29. The maximum atomic E-state index is 13.1. The standard InChI is InChI=1S/C27H37NO4/c1-8-9-10-15-32-23-21(26(2,3)4)16-19(17-22(23)27(5,6)7)24(29)28-20-13-11-18(12-14-20)25(30)31/h11-14,16-17H,8-10,15H2,1-7H3,(H,28,29)(H,30,31). The van der Waals surface area contributed by atoms with Crippen LogP contribution in [-0.4, -0.2) is 23.6 Å². The molecule has 5 nitrogen and oxygen atoms in total. The van der Waals surface area contributed by atoms with E-state index in [2.05, 4.69) is 53.8 Å². The Morgan fingerprint density at radius 3 is 1.84 bits per heavy atom.